The molecule has 0 saturated carbocycles. The lowest BCUT2D eigenvalue weighted by atomic mass is 9.88. The molecule has 3 heterocycles. The van der Waals surface area contributed by atoms with Crippen LogP contribution in [0.3, 0.4) is 0 Å². The fourth-order valence-electron chi connectivity index (χ4n) is 5.82. The smallest absolute Gasteiger partial charge is 0.332 e. The molecule has 0 spiro atoms. The van der Waals surface area contributed by atoms with Gasteiger partial charge in [-0.25, -0.2) is 9.69 Å². The minimum absolute atomic E-state index is 0.0482. The molecule has 1 saturated heterocycles. The Morgan fingerprint density at radius 2 is 1.70 bits per heavy atom. The first kappa shape index (κ1) is 25.4. The highest BCUT2D eigenvalue weighted by Crippen LogP contribution is 2.45. The van der Waals surface area contributed by atoms with Gasteiger partial charge in [0.05, 0.1) is 11.3 Å². The summed E-state index contributed by atoms with van der Waals surface area (Å²) in [7, 11) is 0. The van der Waals surface area contributed by atoms with Crippen LogP contribution in [0.25, 0.3) is 10.9 Å². The van der Waals surface area contributed by atoms with Crippen molar-refractivity contribution < 1.29 is 24.3 Å². The van der Waals surface area contributed by atoms with Crippen LogP contribution in [0.2, 0.25) is 0 Å². The van der Waals surface area contributed by atoms with Crippen molar-refractivity contribution in [2.45, 2.75) is 38.3 Å². The number of aromatic nitrogens is 1. The number of hydrogen-bond donors (Lipinski definition) is 3. The quantitative estimate of drug-likeness (QED) is 0.311. The molecular formula is C31H28N4O5. The van der Waals surface area contributed by atoms with Gasteiger partial charge in [0.15, 0.2) is 0 Å². The summed E-state index contributed by atoms with van der Waals surface area (Å²) in [5.74, 6) is -1.97. The normalized spacial score (nSPS) is 18.3. The molecule has 3 aromatic carbocycles. The van der Waals surface area contributed by atoms with Gasteiger partial charge in [0, 0.05) is 23.0 Å². The minimum Gasteiger partial charge on any atom is -0.480 e. The van der Waals surface area contributed by atoms with E-state index in [1.807, 2.05) is 48.5 Å². The van der Waals surface area contributed by atoms with Crippen molar-refractivity contribution in [1.82, 2.24) is 15.2 Å². The van der Waals surface area contributed by atoms with Gasteiger partial charge in [0.25, 0.3) is 11.8 Å². The minimum atomic E-state index is -1.20. The van der Waals surface area contributed by atoms with E-state index in [9.17, 15) is 19.2 Å². The van der Waals surface area contributed by atoms with Gasteiger partial charge >= 0.3 is 12.0 Å². The van der Waals surface area contributed by atoms with Crippen molar-refractivity contribution in [2.75, 3.05) is 11.4 Å². The second-order valence-corrected chi connectivity index (χ2v) is 10.5. The Labute approximate surface area is 230 Å². The molecule has 2 aliphatic heterocycles. The van der Waals surface area contributed by atoms with Crippen molar-refractivity contribution in [2.24, 2.45) is 0 Å². The molecule has 2 atom stereocenters. The van der Waals surface area contributed by atoms with E-state index in [1.54, 1.807) is 17.0 Å². The Morgan fingerprint density at radius 3 is 2.42 bits per heavy atom. The summed E-state index contributed by atoms with van der Waals surface area (Å²) in [4.78, 5) is 58.2. The van der Waals surface area contributed by atoms with Crippen LogP contribution in [0.4, 0.5) is 10.5 Å². The van der Waals surface area contributed by atoms with E-state index in [1.165, 1.54) is 17.7 Å². The lowest BCUT2D eigenvalue weighted by molar-refractivity contribution is -0.135. The number of nitrogens with one attached hydrogen (secondary N) is 2. The standard InChI is InChI=1S/C31H28N4O5/c1-17(2)18-11-13-19(14-12-18)28-27-22(20-7-3-5-9-23(20)33-27)15-25-30(39)35(31(40)34(25)28)24-10-6-4-8-21(24)29(38)32-16-26(36)37/h3-14,17,25,28,33H,15-16H2,1-2H3,(H,32,38)(H,36,37)/t25-,28-/m0/s1. The summed E-state index contributed by atoms with van der Waals surface area (Å²) in [5.41, 5.74) is 5.01. The van der Waals surface area contributed by atoms with Crippen molar-refractivity contribution in [3.63, 3.8) is 0 Å². The molecule has 4 aromatic rings. The molecule has 40 heavy (non-hydrogen) atoms. The number of imide groups is 1. The fraction of sp³-hybridized carbons (Fsp3) is 0.226. The highest BCUT2D eigenvalue weighted by Gasteiger charge is 2.53. The molecule has 4 amide bonds. The van der Waals surface area contributed by atoms with Gasteiger partial charge in [-0.05, 0) is 40.8 Å². The number of carboxylic acids is 1. The number of fused-ring (bicyclic) bond motifs is 4. The van der Waals surface area contributed by atoms with Crippen LogP contribution in [0.5, 0.6) is 0 Å². The number of carboxylic acid groups (broad SMARTS) is 1. The number of para-hydroxylation sites is 2. The van der Waals surface area contributed by atoms with Gasteiger partial charge in [-0.2, -0.15) is 0 Å². The van der Waals surface area contributed by atoms with Gasteiger partial charge < -0.3 is 15.4 Å². The number of benzene rings is 3. The van der Waals surface area contributed by atoms with Gasteiger partial charge in [0.2, 0.25) is 0 Å². The third kappa shape index (κ3) is 4.02. The molecule has 3 N–H and O–H groups in total. The topological polar surface area (TPSA) is 123 Å². The first-order valence-corrected chi connectivity index (χ1v) is 13.2. The summed E-state index contributed by atoms with van der Waals surface area (Å²) in [5, 5.41) is 12.3. The van der Waals surface area contributed by atoms with Gasteiger partial charge in [-0.15, -0.1) is 0 Å². The number of nitrogens with zero attached hydrogens (tertiary/aromatic N) is 2. The number of rotatable bonds is 6. The highest BCUT2D eigenvalue weighted by molar-refractivity contribution is 6.24. The van der Waals surface area contributed by atoms with Crippen molar-refractivity contribution in [1.29, 1.82) is 0 Å². The van der Waals surface area contributed by atoms with Crippen molar-refractivity contribution in [3.05, 3.63) is 101 Å². The Bertz CT molecular complexity index is 1670. The molecule has 9 heteroatoms. The summed E-state index contributed by atoms with van der Waals surface area (Å²) >= 11 is 0. The molecule has 9 nitrogen and oxygen atoms in total. The van der Waals surface area contributed by atoms with Gasteiger partial charge in [-0.1, -0.05) is 68.4 Å². The Kier molecular flexibility index (Phi) is 6.14. The lowest BCUT2D eigenvalue weighted by Crippen LogP contribution is -2.44. The first-order valence-electron chi connectivity index (χ1n) is 13.2. The molecule has 1 aromatic heterocycles. The van der Waals surface area contributed by atoms with Gasteiger partial charge in [-0.3, -0.25) is 19.3 Å². The van der Waals surface area contributed by atoms with Crippen LogP contribution in [0, 0.1) is 0 Å². The Morgan fingerprint density at radius 1 is 1.00 bits per heavy atom. The van der Waals surface area contributed by atoms with E-state index < -0.39 is 42.4 Å². The number of carbonyl (C=O) groups excluding carboxylic acids is 3. The maximum Gasteiger partial charge on any atom is 0.332 e. The number of carbonyl (C=O) groups is 4. The number of amides is 4. The third-order valence-electron chi connectivity index (χ3n) is 7.76. The molecule has 1 fully saturated rings. The Balaban J connectivity index is 1.46. The molecule has 6 rings (SSSR count). The van der Waals surface area contributed by atoms with Crippen LogP contribution in [-0.4, -0.2) is 51.4 Å². The summed E-state index contributed by atoms with van der Waals surface area (Å²) in [6, 6.07) is 20.4. The zero-order valence-electron chi connectivity index (χ0n) is 22.0. The summed E-state index contributed by atoms with van der Waals surface area (Å²) in [6.07, 6.45) is 0.328. The van der Waals surface area contributed by atoms with Crippen LogP contribution in [0.15, 0.2) is 72.8 Å². The molecule has 0 bridgehead atoms. The van der Waals surface area contributed by atoms with Crippen LogP contribution in [0.1, 0.15) is 58.5 Å². The maximum absolute atomic E-state index is 14.2. The monoisotopic (exact) mass is 536 g/mol. The molecule has 202 valence electrons. The number of aliphatic carboxylic acids is 1. The van der Waals surface area contributed by atoms with E-state index >= 15 is 0 Å². The van der Waals surface area contributed by atoms with Gasteiger partial charge in [0.1, 0.15) is 18.6 Å². The number of H-pyrrole nitrogens is 1. The number of anilines is 1. The highest BCUT2D eigenvalue weighted by atomic mass is 16.4. The third-order valence-corrected chi connectivity index (χ3v) is 7.76. The molecule has 0 aliphatic carbocycles. The van der Waals surface area contributed by atoms with Crippen molar-refractivity contribution in [3.8, 4) is 0 Å². The second-order valence-electron chi connectivity index (χ2n) is 10.5. The van der Waals surface area contributed by atoms with E-state index in [-0.39, 0.29) is 11.3 Å². The Hall–Kier alpha value is -4.92. The number of hydrogen-bond acceptors (Lipinski definition) is 4. The van der Waals surface area contributed by atoms with E-state index in [0.29, 0.717) is 12.3 Å². The predicted molar refractivity (Wildman–Crippen MR) is 149 cm³/mol. The van der Waals surface area contributed by atoms with E-state index in [4.69, 9.17) is 5.11 Å². The van der Waals surface area contributed by atoms with E-state index in [0.717, 1.165) is 32.6 Å². The summed E-state index contributed by atoms with van der Waals surface area (Å²) < 4.78 is 0. The SMILES string of the molecule is CC(C)c1ccc([C@H]2c3[nH]c4ccccc4c3C[C@H]3C(=O)N(c4ccccc4C(=O)NCC(=O)O)C(=O)N23)cc1. The van der Waals surface area contributed by atoms with Crippen molar-refractivity contribution >= 4 is 40.4 Å². The first-order chi connectivity index (χ1) is 19.3. The largest absolute Gasteiger partial charge is 0.480 e. The zero-order chi connectivity index (χ0) is 28.1. The van der Waals surface area contributed by atoms with Crippen LogP contribution < -0.4 is 10.2 Å². The molecule has 2 aliphatic rings. The predicted octanol–water partition coefficient (Wildman–Crippen LogP) is 4.59. The molecule has 0 radical (unpaired) electrons. The fourth-order valence-corrected chi connectivity index (χ4v) is 5.82. The zero-order valence-corrected chi connectivity index (χ0v) is 22.0. The van der Waals surface area contributed by atoms with Crippen LogP contribution in [-0.2, 0) is 16.0 Å². The average Bonchev–Trinajstić information content (AvgIpc) is 3.44. The average molecular weight is 537 g/mol. The second kappa shape index (κ2) is 9.68. The molecule has 0 unspecified atom stereocenters. The maximum atomic E-state index is 14.2. The van der Waals surface area contributed by atoms with E-state index in [2.05, 4.69) is 24.1 Å². The lowest BCUT2D eigenvalue weighted by Gasteiger charge is -2.36. The number of aromatic amines is 1. The van der Waals surface area contributed by atoms with Crippen LogP contribution >= 0.6 is 0 Å². The number of urea groups is 1. The summed E-state index contributed by atoms with van der Waals surface area (Å²) in [6.45, 7) is 3.65. The molecular weight excluding hydrogens is 508 g/mol.